The third kappa shape index (κ3) is 1.64. The van der Waals surface area contributed by atoms with Crippen LogP contribution >= 0.6 is 0 Å². The van der Waals surface area contributed by atoms with Gasteiger partial charge in [0.15, 0.2) is 5.82 Å². The molecule has 94 valence electrons. The summed E-state index contributed by atoms with van der Waals surface area (Å²) in [4.78, 5) is 36.8. The summed E-state index contributed by atoms with van der Waals surface area (Å²) in [6.07, 6.45) is 5.28. The predicted molar refractivity (Wildman–Crippen MR) is 60.8 cm³/mol. The molecule has 0 bridgehead atoms. The smallest absolute Gasteiger partial charge is 0.377 e. The quantitative estimate of drug-likeness (QED) is 0.492. The zero-order chi connectivity index (χ0) is 13.4. The SMILES string of the molecule is O=C(O)C(=O)c1c[nH]c2c(-n3cncn3)ncnc12. The third-order valence-corrected chi connectivity index (χ3v) is 2.52. The molecule has 3 rings (SSSR count). The highest BCUT2D eigenvalue weighted by molar-refractivity contribution is 6.42. The van der Waals surface area contributed by atoms with Gasteiger partial charge in [-0.3, -0.25) is 4.79 Å². The molecule has 0 atom stereocenters. The summed E-state index contributed by atoms with van der Waals surface area (Å²) < 4.78 is 1.38. The van der Waals surface area contributed by atoms with Crippen molar-refractivity contribution < 1.29 is 14.7 Å². The minimum atomic E-state index is -1.54. The second-order valence-electron chi connectivity index (χ2n) is 3.60. The standard InChI is InChI=1S/C10H6N6O3/c17-8(10(18)19)5-1-12-7-6(5)13-3-14-9(7)16-4-11-2-15-16/h1-4,12H,(H,18,19). The van der Waals surface area contributed by atoms with Gasteiger partial charge in [0, 0.05) is 6.20 Å². The van der Waals surface area contributed by atoms with Gasteiger partial charge in [-0.2, -0.15) is 5.10 Å². The van der Waals surface area contributed by atoms with E-state index in [1.54, 1.807) is 0 Å². The molecule has 0 unspecified atom stereocenters. The summed E-state index contributed by atoms with van der Waals surface area (Å²) in [6, 6.07) is 0. The van der Waals surface area contributed by atoms with Crippen molar-refractivity contribution in [3.8, 4) is 5.82 Å². The van der Waals surface area contributed by atoms with Gasteiger partial charge in [-0.05, 0) is 0 Å². The molecule has 19 heavy (non-hydrogen) atoms. The molecule has 3 heterocycles. The number of nitrogens with one attached hydrogen (secondary N) is 1. The number of hydrogen-bond acceptors (Lipinski definition) is 6. The molecule has 0 radical (unpaired) electrons. The van der Waals surface area contributed by atoms with Crippen molar-refractivity contribution in [3.63, 3.8) is 0 Å². The summed E-state index contributed by atoms with van der Waals surface area (Å²) >= 11 is 0. The first-order valence-corrected chi connectivity index (χ1v) is 5.13. The van der Waals surface area contributed by atoms with Crippen molar-refractivity contribution >= 4 is 22.8 Å². The van der Waals surface area contributed by atoms with Crippen LogP contribution in [0.4, 0.5) is 0 Å². The van der Waals surface area contributed by atoms with Crippen LogP contribution in [0.5, 0.6) is 0 Å². The van der Waals surface area contributed by atoms with E-state index < -0.39 is 11.8 Å². The average Bonchev–Trinajstić information content (AvgIpc) is 3.06. The summed E-state index contributed by atoms with van der Waals surface area (Å²) in [5.74, 6) is -2.19. The molecule has 9 heteroatoms. The maximum Gasteiger partial charge on any atom is 0.377 e. The van der Waals surface area contributed by atoms with E-state index in [4.69, 9.17) is 5.11 Å². The molecule has 2 N–H and O–H groups in total. The number of Topliss-reactive ketones (excluding diaryl/α,β-unsaturated/α-hetero) is 1. The zero-order valence-electron chi connectivity index (χ0n) is 9.31. The van der Waals surface area contributed by atoms with Gasteiger partial charge in [0.2, 0.25) is 0 Å². The normalized spacial score (nSPS) is 10.7. The van der Waals surface area contributed by atoms with E-state index in [1.165, 1.54) is 29.9 Å². The molecule has 0 aliphatic rings. The molecule has 0 aliphatic carbocycles. The fourth-order valence-electron chi connectivity index (χ4n) is 1.71. The Morgan fingerprint density at radius 2 is 2.11 bits per heavy atom. The first kappa shape index (κ1) is 11.0. The Hall–Kier alpha value is -3.10. The van der Waals surface area contributed by atoms with E-state index in [0.29, 0.717) is 11.3 Å². The number of rotatable bonds is 3. The minimum Gasteiger partial charge on any atom is -0.475 e. The summed E-state index contributed by atoms with van der Waals surface area (Å²) in [5, 5.41) is 12.7. The number of nitrogens with zero attached hydrogens (tertiary/aromatic N) is 5. The van der Waals surface area contributed by atoms with E-state index in [9.17, 15) is 9.59 Å². The number of aliphatic carboxylic acids is 1. The summed E-state index contributed by atoms with van der Waals surface area (Å²) in [6.45, 7) is 0. The summed E-state index contributed by atoms with van der Waals surface area (Å²) in [7, 11) is 0. The highest BCUT2D eigenvalue weighted by Gasteiger charge is 2.21. The van der Waals surface area contributed by atoms with E-state index >= 15 is 0 Å². The fraction of sp³-hybridized carbons (Fsp3) is 0. The number of carbonyl (C=O) groups is 2. The van der Waals surface area contributed by atoms with Crippen LogP contribution in [-0.4, -0.2) is 46.6 Å². The Morgan fingerprint density at radius 1 is 1.26 bits per heavy atom. The molecule has 0 aliphatic heterocycles. The lowest BCUT2D eigenvalue weighted by Gasteiger charge is -2.00. The summed E-state index contributed by atoms with van der Waals surface area (Å²) in [5.41, 5.74) is 0.622. The highest BCUT2D eigenvalue weighted by Crippen LogP contribution is 2.20. The van der Waals surface area contributed by atoms with Crippen LogP contribution in [0.15, 0.2) is 25.2 Å². The molecule has 0 amide bonds. The van der Waals surface area contributed by atoms with Crippen LogP contribution in [0.25, 0.3) is 16.9 Å². The second-order valence-corrected chi connectivity index (χ2v) is 3.60. The van der Waals surface area contributed by atoms with Crippen molar-refractivity contribution in [1.82, 2.24) is 29.7 Å². The van der Waals surface area contributed by atoms with Crippen molar-refractivity contribution in [2.75, 3.05) is 0 Å². The Morgan fingerprint density at radius 3 is 2.79 bits per heavy atom. The van der Waals surface area contributed by atoms with Crippen molar-refractivity contribution in [2.45, 2.75) is 0 Å². The Kier molecular flexibility index (Phi) is 2.31. The third-order valence-electron chi connectivity index (χ3n) is 2.52. The number of H-pyrrole nitrogens is 1. The van der Waals surface area contributed by atoms with E-state index in [2.05, 4.69) is 25.0 Å². The van der Waals surface area contributed by atoms with Crippen LogP contribution in [-0.2, 0) is 4.79 Å². The van der Waals surface area contributed by atoms with Crippen LogP contribution < -0.4 is 0 Å². The number of fused-ring (bicyclic) bond motifs is 1. The molecule has 9 nitrogen and oxygen atoms in total. The lowest BCUT2D eigenvalue weighted by Crippen LogP contribution is -2.12. The lowest BCUT2D eigenvalue weighted by atomic mass is 10.2. The monoisotopic (exact) mass is 258 g/mol. The highest BCUT2D eigenvalue weighted by atomic mass is 16.4. The van der Waals surface area contributed by atoms with E-state index in [0.717, 1.165) is 0 Å². The zero-order valence-corrected chi connectivity index (χ0v) is 9.31. The largest absolute Gasteiger partial charge is 0.475 e. The molecule has 3 aromatic heterocycles. The Labute approximate surface area is 104 Å². The van der Waals surface area contributed by atoms with Crippen LogP contribution in [0, 0.1) is 0 Å². The number of aromatic amines is 1. The Balaban J connectivity index is 2.24. The van der Waals surface area contributed by atoms with Gasteiger partial charge < -0.3 is 10.1 Å². The topological polar surface area (TPSA) is 127 Å². The van der Waals surface area contributed by atoms with Gasteiger partial charge in [0.1, 0.15) is 30.0 Å². The molecule has 0 aromatic carbocycles. The van der Waals surface area contributed by atoms with Crippen LogP contribution in [0.1, 0.15) is 10.4 Å². The lowest BCUT2D eigenvalue weighted by molar-refractivity contribution is -0.131. The molecular formula is C10H6N6O3. The van der Waals surface area contributed by atoms with Gasteiger partial charge in [-0.15, -0.1) is 0 Å². The number of ketones is 1. The number of aromatic nitrogens is 6. The van der Waals surface area contributed by atoms with Gasteiger partial charge >= 0.3 is 5.97 Å². The molecule has 3 aromatic rings. The van der Waals surface area contributed by atoms with Crippen molar-refractivity contribution in [3.05, 3.63) is 30.7 Å². The molecule has 0 saturated heterocycles. The fourth-order valence-corrected chi connectivity index (χ4v) is 1.71. The van der Waals surface area contributed by atoms with Crippen LogP contribution in [0.2, 0.25) is 0 Å². The number of carbonyl (C=O) groups excluding carboxylic acids is 1. The predicted octanol–water partition coefficient (Wildman–Crippen LogP) is -0.194. The number of carboxylic acids is 1. The average molecular weight is 258 g/mol. The molecule has 0 spiro atoms. The van der Waals surface area contributed by atoms with Gasteiger partial charge in [0.05, 0.1) is 5.56 Å². The first-order chi connectivity index (χ1) is 9.18. The van der Waals surface area contributed by atoms with Crippen molar-refractivity contribution in [1.29, 1.82) is 0 Å². The molecule has 0 saturated carbocycles. The molecular weight excluding hydrogens is 252 g/mol. The molecule has 0 fully saturated rings. The van der Waals surface area contributed by atoms with Crippen LogP contribution in [0.3, 0.4) is 0 Å². The Bertz CT molecular complexity index is 776. The maximum absolute atomic E-state index is 11.5. The number of hydrogen-bond donors (Lipinski definition) is 2. The van der Waals surface area contributed by atoms with E-state index in [-0.39, 0.29) is 11.1 Å². The first-order valence-electron chi connectivity index (χ1n) is 5.13. The van der Waals surface area contributed by atoms with Gasteiger partial charge in [-0.25, -0.2) is 24.4 Å². The van der Waals surface area contributed by atoms with Gasteiger partial charge in [0.25, 0.3) is 5.78 Å². The van der Waals surface area contributed by atoms with Crippen molar-refractivity contribution in [2.24, 2.45) is 0 Å². The minimum absolute atomic E-state index is 0.0220. The maximum atomic E-state index is 11.5. The van der Waals surface area contributed by atoms with E-state index in [1.807, 2.05) is 0 Å². The van der Waals surface area contributed by atoms with Gasteiger partial charge in [-0.1, -0.05) is 0 Å². The number of carboxylic acid groups (broad SMARTS) is 1. The second kappa shape index (κ2) is 3.98.